The van der Waals surface area contributed by atoms with E-state index in [-0.39, 0.29) is 17.8 Å². The van der Waals surface area contributed by atoms with Gasteiger partial charge in [0.25, 0.3) is 0 Å². The Bertz CT molecular complexity index is 663. The Morgan fingerprint density at radius 3 is 2.15 bits per heavy atom. The normalized spacial score (nSPS) is 35.1. The van der Waals surface area contributed by atoms with Gasteiger partial charge in [0.2, 0.25) is 5.91 Å². The number of nitrogens with two attached hydrogens (primary N) is 1. The lowest BCUT2D eigenvalue weighted by Gasteiger charge is -2.57. The second-order valence-corrected chi connectivity index (χ2v) is 9.51. The lowest BCUT2D eigenvalue weighted by Crippen LogP contribution is -2.58. The maximum absolute atomic E-state index is 13.5. The molecule has 2 N–H and O–H groups in total. The van der Waals surface area contributed by atoms with Crippen molar-refractivity contribution in [2.45, 2.75) is 45.1 Å². The van der Waals surface area contributed by atoms with Gasteiger partial charge in [-0.15, -0.1) is 12.4 Å². The molecule has 4 saturated carbocycles. The molecule has 0 radical (unpaired) electrons. The van der Waals surface area contributed by atoms with Gasteiger partial charge in [0.15, 0.2) is 0 Å². The highest BCUT2D eigenvalue weighted by Crippen LogP contribution is 2.60. The maximum atomic E-state index is 13.5. The van der Waals surface area contributed by atoms with Gasteiger partial charge in [0, 0.05) is 38.4 Å². The number of hydrogen-bond donors (Lipinski definition) is 1. The Labute approximate surface area is 168 Å². The predicted octanol–water partition coefficient (Wildman–Crippen LogP) is 3.55. The number of piperazine rings is 1. The Hall–Kier alpha value is -1.26. The molecule has 1 aromatic carbocycles. The first kappa shape index (κ1) is 19.1. The number of carbonyl (C=O) groups excluding carboxylic acids is 1. The van der Waals surface area contributed by atoms with Crippen LogP contribution in [0.15, 0.2) is 24.3 Å². The molecule has 4 aliphatic carbocycles. The zero-order valence-electron chi connectivity index (χ0n) is 16.1. The summed E-state index contributed by atoms with van der Waals surface area (Å²) < 4.78 is 0. The van der Waals surface area contributed by atoms with Crippen molar-refractivity contribution < 1.29 is 4.79 Å². The van der Waals surface area contributed by atoms with Gasteiger partial charge in [-0.1, -0.05) is 12.1 Å². The van der Waals surface area contributed by atoms with E-state index >= 15 is 0 Å². The molecule has 1 aliphatic heterocycles. The summed E-state index contributed by atoms with van der Waals surface area (Å²) in [5.41, 5.74) is 8.02. The van der Waals surface area contributed by atoms with Gasteiger partial charge in [-0.05, 0) is 74.0 Å². The number of rotatable bonds is 3. The first-order chi connectivity index (χ1) is 12.6. The molecule has 0 aromatic heterocycles. The van der Waals surface area contributed by atoms with Crippen LogP contribution < -0.4 is 5.73 Å². The summed E-state index contributed by atoms with van der Waals surface area (Å²) in [4.78, 5) is 18.1. The minimum absolute atomic E-state index is 0. The standard InChI is InChI=1S/C22H31N3O.ClH/c23-20-3-1-2-16(11-20)15-24-4-6-25(7-5-24)21(26)22-12-17-8-18(13-22)10-19(9-17)14-22;/h1-3,11,17-19H,4-10,12-15,23H2;1H. The van der Waals surface area contributed by atoms with Crippen molar-refractivity contribution in [2.24, 2.45) is 23.2 Å². The average molecular weight is 390 g/mol. The van der Waals surface area contributed by atoms with Crippen LogP contribution in [-0.2, 0) is 11.3 Å². The number of amides is 1. The highest BCUT2D eigenvalue weighted by Gasteiger charge is 2.55. The largest absolute Gasteiger partial charge is 0.399 e. The van der Waals surface area contributed by atoms with E-state index in [4.69, 9.17) is 5.73 Å². The van der Waals surface area contributed by atoms with E-state index in [2.05, 4.69) is 21.9 Å². The molecule has 148 valence electrons. The third-order valence-electron chi connectivity index (χ3n) is 7.51. The maximum Gasteiger partial charge on any atom is 0.228 e. The third-order valence-corrected chi connectivity index (χ3v) is 7.51. The number of nitrogens with zero attached hydrogens (tertiary/aromatic N) is 2. The van der Waals surface area contributed by atoms with Gasteiger partial charge in [-0.3, -0.25) is 9.69 Å². The first-order valence-electron chi connectivity index (χ1n) is 10.5. The summed E-state index contributed by atoms with van der Waals surface area (Å²) in [5.74, 6) is 3.03. The highest BCUT2D eigenvalue weighted by atomic mass is 35.5. The highest BCUT2D eigenvalue weighted by molar-refractivity contribution is 5.85. The van der Waals surface area contributed by atoms with Gasteiger partial charge in [-0.25, -0.2) is 0 Å². The van der Waals surface area contributed by atoms with Gasteiger partial charge in [-0.2, -0.15) is 0 Å². The quantitative estimate of drug-likeness (QED) is 0.804. The van der Waals surface area contributed by atoms with Crippen LogP contribution in [0.3, 0.4) is 0 Å². The van der Waals surface area contributed by atoms with E-state index in [1.807, 2.05) is 12.1 Å². The third kappa shape index (κ3) is 3.58. The molecule has 5 fully saturated rings. The fourth-order valence-electron chi connectivity index (χ4n) is 6.77. The summed E-state index contributed by atoms with van der Waals surface area (Å²) in [6.07, 6.45) is 7.76. The van der Waals surface area contributed by atoms with Gasteiger partial charge >= 0.3 is 0 Å². The Morgan fingerprint density at radius 1 is 1.00 bits per heavy atom. The van der Waals surface area contributed by atoms with Crippen LogP contribution in [0.5, 0.6) is 0 Å². The predicted molar refractivity (Wildman–Crippen MR) is 111 cm³/mol. The zero-order valence-corrected chi connectivity index (χ0v) is 16.9. The van der Waals surface area contributed by atoms with Gasteiger partial charge in [0.05, 0.1) is 5.41 Å². The molecule has 0 unspecified atom stereocenters. The summed E-state index contributed by atoms with van der Waals surface area (Å²) in [7, 11) is 0. The molecular weight excluding hydrogens is 358 g/mol. The van der Waals surface area contributed by atoms with Crippen molar-refractivity contribution in [3.63, 3.8) is 0 Å². The van der Waals surface area contributed by atoms with Crippen LogP contribution in [0.1, 0.15) is 44.1 Å². The van der Waals surface area contributed by atoms with Crippen LogP contribution in [0, 0.1) is 23.2 Å². The molecule has 1 saturated heterocycles. The lowest BCUT2D eigenvalue weighted by molar-refractivity contribution is -0.159. The Kier molecular flexibility index (Phi) is 5.15. The molecule has 1 amide bonds. The molecule has 0 atom stereocenters. The van der Waals surface area contributed by atoms with E-state index in [0.29, 0.717) is 5.91 Å². The lowest BCUT2D eigenvalue weighted by atomic mass is 9.49. The number of carbonyl (C=O) groups is 1. The number of halogens is 1. The summed E-state index contributed by atoms with van der Waals surface area (Å²) in [6, 6.07) is 8.17. The molecular formula is C22H32ClN3O. The summed E-state index contributed by atoms with van der Waals surface area (Å²) in [5, 5.41) is 0. The molecule has 27 heavy (non-hydrogen) atoms. The Morgan fingerprint density at radius 2 is 1.59 bits per heavy atom. The second kappa shape index (κ2) is 7.29. The first-order valence-corrected chi connectivity index (χ1v) is 10.5. The molecule has 0 spiro atoms. The van der Waals surface area contributed by atoms with Crippen molar-refractivity contribution in [1.82, 2.24) is 9.80 Å². The molecule has 1 aromatic rings. The van der Waals surface area contributed by atoms with E-state index in [0.717, 1.165) is 56.2 Å². The van der Waals surface area contributed by atoms with Crippen molar-refractivity contribution in [3.8, 4) is 0 Å². The summed E-state index contributed by atoms with van der Waals surface area (Å²) >= 11 is 0. The summed E-state index contributed by atoms with van der Waals surface area (Å²) in [6.45, 7) is 4.68. The van der Waals surface area contributed by atoms with E-state index in [9.17, 15) is 4.79 Å². The van der Waals surface area contributed by atoms with E-state index in [1.165, 1.54) is 44.1 Å². The minimum atomic E-state index is 0. The van der Waals surface area contributed by atoms with Gasteiger partial charge in [0.1, 0.15) is 0 Å². The minimum Gasteiger partial charge on any atom is -0.399 e. The van der Waals surface area contributed by atoms with Crippen LogP contribution >= 0.6 is 12.4 Å². The number of anilines is 1. The second-order valence-electron chi connectivity index (χ2n) is 9.51. The molecule has 4 bridgehead atoms. The van der Waals surface area contributed by atoms with Crippen LogP contribution in [-0.4, -0.2) is 41.9 Å². The van der Waals surface area contributed by atoms with Crippen molar-refractivity contribution >= 4 is 24.0 Å². The van der Waals surface area contributed by atoms with Crippen molar-refractivity contribution in [1.29, 1.82) is 0 Å². The zero-order chi connectivity index (χ0) is 17.7. The fraction of sp³-hybridized carbons (Fsp3) is 0.682. The van der Waals surface area contributed by atoms with E-state index < -0.39 is 0 Å². The number of hydrogen-bond acceptors (Lipinski definition) is 3. The topological polar surface area (TPSA) is 49.6 Å². The Balaban J connectivity index is 0.00000180. The number of benzene rings is 1. The van der Waals surface area contributed by atoms with Gasteiger partial charge < -0.3 is 10.6 Å². The molecule has 1 heterocycles. The average Bonchev–Trinajstić information content (AvgIpc) is 2.61. The van der Waals surface area contributed by atoms with E-state index in [1.54, 1.807) is 0 Å². The smallest absolute Gasteiger partial charge is 0.228 e. The van der Waals surface area contributed by atoms with Crippen LogP contribution in [0.25, 0.3) is 0 Å². The molecule has 5 aliphatic rings. The number of nitrogen functional groups attached to an aromatic ring is 1. The molecule has 5 heteroatoms. The fourth-order valence-corrected chi connectivity index (χ4v) is 6.77. The van der Waals surface area contributed by atoms with Crippen LogP contribution in [0.4, 0.5) is 5.69 Å². The van der Waals surface area contributed by atoms with Crippen molar-refractivity contribution in [3.05, 3.63) is 29.8 Å². The SMILES string of the molecule is Cl.Nc1cccc(CN2CCN(C(=O)C34CC5CC(CC(C5)C3)C4)CC2)c1. The monoisotopic (exact) mass is 389 g/mol. The molecule has 6 rings (SSSR count). The van der Waals surface area contributed by atoms with Crippen LogP contribution in [0.2, 0.25) is 0 Å². The van der Waals surface area contributed by atoms with Crippen molar-refractivity contribution in [2.75, 3.05) is 31.9 Å². The molecule has 4 nitrogen and oxygen atoms in total.